The summed E-state index contributed by atoms with van der Waals surface area (Å²) in [5.41, 5.74) is 8.00. The fraction of sp³-hybridized carbons (Fsp3) is 0.333. The van der Waals surface area contributed by atoms with Crippen LogP contribution in [0.2, 0.25) is 5.02 Å². The van der Waals surface area contributed by atoms with Crippen LogP contribution in [-0.2, 0) is 13.1 Å². The minimum Gasteiger partial charge on any atom is -0.496 e. The van der Waals surface area contributed by atoms with E-state index >= 15 is 0 Å². The maximum Gasteiger partial charge on any atom is 0.218 e. The quantitative estimate of drug-likeness (QED) is 0.164. The van der Waals surface area contributed by atoms with E-state index in [1.165, 1.54) is 0 Å². The largest absolute Gasteiger partial charge is 0.496 e. The molecular formula is C33H39ClN4O4. The molecule has 2 aromatic heterocycles. The van der Waals surface area contributed by atoms with Crippen LogP contribution in [0.25, 0.3) is 33.6 Å². The third-order valence-electron chi connectivity index (χ3n) is 6.97. The summed E-state index contributed by atoms with van der Waals surface area (Å²) in [7, 11) is 3.25. The predicted octanol–water partition coefficient (Wildman–Crippen LogP) is 5.40. The zero-order valence-electron chi connectivity index (χ0n) is 24.7. The number of hydrogen-bond donors (Lipinski definition) is 4. The number of aliphatic hydroxyl groups excluding tert-OH is 2. The first-order valence-corrected chi connectivity index (χ1v) is 14.3. The molecule has 4 aromatic rings. The van der Waals surface area contributed by atoms with Gasteiger partial charge in [0.15, 0.2) is 0 Å². The van der Waals surface area contributed by atoms with Crippen LogP contribution in [0.5, 0.6) is 11.6 Å². The number of methoxy groups -OCH3 is 2. The number of hydrogen-bond acceptors (Lipinski definition) is 8. The number of halogens is 1. The summed E-state index contributed by atoms with van der Waals surface area (Å²) >= 11 is 7.05. The van der Waals surface area contributed by atoms with Crippen molar-refractivity contribution >= 4 is 11.6 Å². The van der Waals surface area contributed by atoms with Crippen LogP contribution in [0, 0.1) is 6.92 Å². The molecule has 9 heteroatoms. The SMILES string of the molecule is COc1cc(-c2nccc(-c3cccc(-c4ccc(CNC[C@H](C)O)c(OC)n4)c3Cl)c2C)ccc1CNC[C@H](C)O. The number of ether oxygens (including phenoxy) is 2. The Morgan fingerprint density at radius 1 is 0.833 bits per heavy atom. The summed E-state index contributed by atoms with van der Waals surface area (Å²) in [5, 5.41) is 26.1. The third kappa shape index (κ3) is 7.45. The zero-order valence-corrected chi connectivity index (χ0v) is 25.5. The second-order valence-corrected chi connectivity index (χ2v) is 10.7. The summed E-state index contributed by atoms with van der Waals surface area (Å²) in [6, 6.07) is 17.8. The third-order valence-corrected chi connectivity index (χ3v) is 7.38. The maximum atomic E-state index is 9.55. The van der Waals surface area contributed by atoms with Crippen LogP contribution in [0.15, 0.2) is 60.8 Å². The number of nitrogens with one attached hydrogen (secondary N) is 2. The molecule has 2 aromatic carbocycles. The fourth-order valence-electron chi connectivity index (χ4n) is 4.86. The molecule has 0 aliphatic rings. The molecule has 0 fully saturated rings. The minimum atomic E-state index is -0.438. The summed E-state index contributed by atoms with van der Waals surface area (Å²) in [5.74, 6) is 1.26. The molecule has 0 saturated carbocycles. The van der Waals surface area contributed by atoms with Crippen molar-refractivity contribution in [1.82, 2.24) is 20.6 Å². The molecule has 2 atom stereocenters. The molecule has 0 saturated heterocycles. The lowest BCUT2D eigenvalue weighted by Gasteiger charge is -2.16. The van der Waals surface area contributed by atoms with Gasteiger partial charge in [0, 0.05) is 60.2 Å². The summed E-state index contributed by atoms with van der Waals surface area (Å²) < 4.78 is 11.3. The molecular weight excluding hydrogens is 552 g/mol. The second kappa shape index (κ2) is 14.6. The average molecular weight is 591 g/mol. The predicted molar refractivity (Wildman–Crippen MR) is 168 cm³/mol. The standard InChI is InChI=1S/C33H39ClN4O4/c1-20(39)16-35-18-24-10-9-23(15-30(24)41-4)32-22(3)26(13-14-37-32)27-7-6-8-28(31(27)34)29-12-11-25(33(38-29)42-5)19-36-17-21(2)40/h6-15,20-21,35-36,39-40H,16-19H2,1-5H3/t20-,21-/m0/s1. The van der Waals surface area contributed by atoms with E-state index in [2.05, 4.69) is 10.6 Å². The molecule has 0 amide bonds. The highest BCUT2D eigenvalue weighted by atomic mass is 35.5. The molecule has 0 bridgehead atoms. The van der Waals surface area contributed by atoms with Gasteiger partial charge in [-0.3, -0.25) is 4.98 Å². The number of benzene rings is 2. The van der Waals surface area contributed by atoms with Crippen molar-refractivity contribution in [2.75, 3.05) is 27.3 Å². The Kier molecular flexibility index (Phi) is 10.9. The first-order valence-electron chi connectivity index (χ1n) is 14.0. The Hall–Kier alpha value is -3.53. The first kappa shape index (κ1) is 31.4. The lowest BCUT2D eigenvalue weighted by Crippen LogP contribution is -2.24. The van der Waals surface area contributed by atoms with Crippen molar-refractivity contribution in [3.63, 3.8) is 0 Å². The van der Waals surface area contributed by atoms with Gasteiger partial charge in [0.2, 0.25) is 5.88 Å². The number of nitrogens with zero attached hydrogens (tertiary/aromatic N) is 2. The van der Waals surface area contributed by atoms with Crippen LogP contribution in [-0.4, -0.2) is 59.7 Å². The summed E-state index contributed by atoms with van der Waals surface area (Å²) in [6.07, 6.45) is 0.935. The fourth-order valence-corrected chi connectivity index (χ4v) is 5.18. The van der Waals surface area contributed by atoms with Gasteiger partial charge in [0.05, 0.1) is 42.8 Å². The van der Waals surface area contributed by atoms with Crippen LogP contribution in [0.1, 0.15) is 30.5 Å². The Morgan fingerprint density at radius 3 is 2.17 bits per heavy atom. The normalized spacial score (nSPS) is 12.7. The van der Waals surface area contributed by atoms with Gasteiger partial charge < -0.3 is 30.3 Å². The molecule has 0 aliphatic carbocycles. The van der Waals surface area contributed by atoms with Gasteiger partial charge in [-0.2, -0.15) is 0 Å². The molecule has 4 N–H and O–H groups in total. The van der Waals surface area contributed by atoms with Crippen LogP contribution < -0.4 is 20.1 Å². The topological polar surface area (TPSA) is 109 Å². The number of rotatable bonds is 13. The Bertz CT molecular complexity index is 1400. The molecule has 0 spiro atoms. The average Bonchev–Trinajstić information content (AvgIpc) is 2.97. The smallest absolute Gasteiger partial charge is 0.218 e. The van der Waals surface area contributed by atoms with Crippen molar-refractivity contribution in [3.8, 4) is 45.3 Å². The molecule has 42 heavy (non-hydrogen) atoms. The van der Waals surface area contributed by atoms with Crippen LogP contribution in [0.3, 0.4) is 0 Å². The van der Waals surface area contributed by atoms with Gasteiger partial charge in [0.25, 0.3) is 0 Å². The van der Waals surface area contributed by atoms with E-state index < -0.39 is 12.2 Å². The monoisotopic (exact) mass is 590 g/mol. The van der Waals surface area contributed by atoms with E-state index in [1.54, 1.807) is 34.3 Å². The Labute approximate surface area is 252 Å². The van der Waals surface area contributed by atoms with Gasteiger partial charge in [-0.25, -0.2) is 4.98 Å². The van der Waals surface area contributed by atoms with E-state index in [0.717, 1.165) is 50.4 Å². The lowest BCUT2D eigenvalue weighted by molar-refractivity contribution is 0.190. The molecule has 0 unspecified atom stereocenters. The van der Waals surface area contributed by atoms with E-state index in [0.29, 0.717) is 42.8 Å². The Morgan fingerprint density at radius 2 is 1.50 bits per heavy atom. The van der Waals surface area contributed by atoms with E-state index in [-0.39, 0.29) is 0 Å². The van der Waals surface area contributed by atoms with Gasteiger partial charge in [-0.05, 0) is 50.1 Å². The summed E-state index contributed by atoms with van der Waals surface area (Å²) in [4.78, 5) is 9.45. The summed E-state index contributed by atoms with van der Waals surface area (Å²) in [6.45, 7) is 7.62. The van der Waals surface area contributed by atoms with E-state index in [1.807, 2.05) is 61.5 Å². The zero-order chi connectivity index (χ0) is 30.2. The second-order valence-electron chi connectivity index (χ2n) is 10.4. The Balaban J connectivity index is 1.66. The molecule has 8 nitrogen and oxygen atoms in total. The maximum absolute atomic E-state index is 9.55. The van der Waals surface area contributed by atoms with Gasteiger partial charge >= 0.3 is 0 Å². The minimum absolute atomic E-state index is 0.420. The van der Waals surface area contributed by atoms with Crippen molar-refractivity contribution in [2.45, 2.75) is 46.1 Å². The van der Waals surface area contributed by atoms with Gasteiger partial charge in [-0.1, -0.05) is 48.0 Å². The van der Waals surface area contributed by atoms with Crippen molar-refractivity contribution in [2.24, 2.45) is 0 Å². The number of aliphatic hydroxyl groups is 2. The molecule has 0 radical (unpaired) electrons. The highest BCUT2D eigenvalue weighted by Gasteiger charge is 2.17. The molecule has 2 heterocycles. The number of pyridine rings is 2. The highest BCUT2D eigenvalue weighted by molar-refractivity contribution is 6.36. The van der Waals surface area contributed by atoms with Gasteiger partial charge in [0.1, 0.15) is 5.75 Å². The van der Waals surface area contributed by atoms with Crippen molar-refractivity contribution < 1.29 is 19.7 Å². The van der Waals surface area contributed by atoms with Crippen molar-refractivity contribution in [3.05, 3.63) is 82.5 Å². The van der Waals surface area contributed by atoms with E-state index in [4.69, 9.17) is 31.0 Å². The molecule has 4 rings (SSSR count). The number of aromatic nitrogens is 2. The first-order chi connectivity index (χ1) is 20.2. The lowest BCUT2D eigenvalue weighted by atomic mass is 9.94. The van der Waals surface area contributed by atoms with E-state index in [9.17, 15) is 10.2 Å². The van der Waals surface area contributed by atoms with Crippen LogP contribution in [0.4, 0.5) is 0 Å². The highest BCUT2D eigenvalue weighted by Crippen LogP contribution is 2.40. The van der Waals surface area contributed by atoms with Crippen LogP contribution >= 0.6 is 11.6 Å². The van der Waals surface area contributed by atoms with Gasteiger partial charge in [-0.15, -0.1) is 0 Å². The van der Waals surface area contributed by atoms with Crippen molar-refractivity contribution in [1.29, 1.82) is 0 Å². The molecule has 222 valence electrons. The molecule has 0 aliphatic heterocycles.